The van der Waals surface area contributed by atoms with E-state index in [0.717, 1.165) is 57.8 Å². The summed E-state index contributed by atoms with van der Waals surface area (Å²) in [5, 5.41) is 10.9. The maximum atomic E-state index is 13.7. The number of amides is 3. The molecular weight excluding hydrogens is 522 g/mol. The Bertz CT molecular complexity index is 1150. The van der Waals surface area contributed by atoms with E-state index >= 15 is 0 Å². The normalized spacial score (nSPS) is 29.6. The highest BCUT2D eigenvalue weighted by Crippen LogP contribution is 2.57. The van der Waals surface area contributed by atoms with Gasteiger partial charge in [0.05, 0.1) is 18.3 Å². The van der Waals surface area contributed by atoms with Gasteiger partial charge in [-0.2, -0.15) is 5.10 Å². The van der Waals surface area contributed by atoms with Gasteiger partial charge in [-0.25, -0.2) is 9.48 Å². The van der Waals surface area contributed by atoms with Gasteiger partial charge in [-0.15, -0.1) is 0 Å². The van der Waals surface area contributed by atoms with Gasteiger partial charge in [0, 0.05) is 18.2 Å². The number of rotatable bonds is 10. The standard InChI is InChI=1S/C31H47N5O5/c1-19(2)18-40-28-24(17-33-36(28)11-10-30(3,4)35-26(37)21-8-6-5-7-9-21)27(38)34-25-22-12-20-13-23(25)16-31(14-20,15-22)41-29(32)39/h10-11,17,19-23,25H,5-9,12-16,18H2,1-4H3,(H2,32,39)(H,34,38)(H,35,37)/b11-10+. The Labute approximate surface area is 243 Å². The van der Waals surface area contributed by atoms with Crippen molar-refractivity contribution in [3.05, 3.63) is 17.8 Å². The number of hydrogen-bond acceptors (Lipinski definition) is 6. The van der Waals surface area contributed by atoms with Crippen LogP contribution in [0.5, 0.6) is 5.88 Å². The van der Waals surface area contributed by atoms with Crippen molar-refractivity contribution >= 4 is 24.1 Å². The highest BCUT2D eigenvalue weighted by Gasteiger charge is 2.57. The molecule has 1 aromatic rings. The molecule has 6 rings (SSSR count). The lowest BCUT2D eigenvalue weighted by Crippen LogP contribution is -2.63. The molecule has 3 amide bonds. The fraction of sp³-hybridized carbons (Fsp3) is 0.742. The first-order chi connectivity index (χ1) is 19.4. The maximum Gasteiger partial charge on any atom is 0.405 e. The minimum atomic E-state index is -0.711. The summed E-state index contributed by atoms with van der Waals surface area (Å²) in [5.41, 5.74) is 4.71. The molecule has 5 aliphatic carbocycles. The van der Waals surface area contributed by atoms with E-state index in [2.05, 4.69) is 29.6 Å². The Hall–Kier alpha value is -3.04. The predicted molar refractivity (Wildman–Crippen MR) is 155 cm³/mol. The SMILES string of the molecule is CC(C)COc1c(C(=O)NC2C3CC4CC2CC(OC(N)=O)(C4)C3)cnn1/C=C/C(C)(C)NC(=O)C1CCCCC1. The van der Waals surface area contributed by atoms with Crippen LogP contribution in [0, 0.1) is 29.6 Å². The number of carbonyl (C=O) groups is 3. The van der Waals surface area contributed by atoms with Gasteiger partial charge in [0.2, 0.25) is 11.8 Å². The Morgan fingerprint density at radius 2 is 1.83 bits per heavy atom. The summed E-state index contributed by atoms with van der Waals surface area (Å²) >= 11 is 0. The van der Waals surface area contributed by atoms with Gasteiger partial charge in [-0.3, -0.25) is 9.59 Å². The number of carbonyl (C=O) groups excluding carboxylic acids is 3. The molecule has 4 N–H and O–H groups in total. The van der Waals surface area contributed by atoms with E-state index in [9.17, 15) is 14.4 Å². The van der Waals surface area contributed by atoms with Gasteiger partial charge < -0.3 is 25.8 Å². The number of aromatic nitrogens is 2. The molecule has 2 unspecified atom stereocenters. The van der Waals surface area contributed by atoms with Crippen molar-refractivity contribution in [1.29, 1.82) is 0 Å². The van der Waals surface area contributed by atoms with Crippen LogP contribution in [0.3, 0.4) is 0 Å². The lowest BCUT2D eigenvalue weighted by molar-refractivity contribution is -0.137. The van der Waals surface area contributed by atoms with Gasteiger partial charge in [-0.05, 0) is 88.5 Å². The minimum Gasteiger partial charge on any atom is -0.477 e. The van der Waals surface area contributed by atoms with Crippen LogP contribution in [-0.2, 0) is 9.53 Å². The van der Waals surface area contributed by atoms with E-state index in [4.69, 9.17) is 15.2 Å². The molecule has 1 aromatic heterocycles. The molecule has 5 aliphatic rings. The summed E-state index contributed by atoms with van der Waals surface area (Å²) in [6, 6.07) is 0.00873. The first-order valence-electron chi connectivity index (χ1n) is 15.4. The van der Waals surface area contributed by atoms with Crippen molar-refractivity contribution in [3.8, 4) is 5.88 Å². The van der Waals surface area contributed by atoms with Crippen LogP contribution in [0.4, 0.5) is 4.79 Å². The van der Waals surface area contributed by atoms with Gasteiger partial charge in [0.15, 0.2) is 0 Å². The molecule has 10 nitrogen and oxygen atoms in total. The Kier molecular flexibility index (Phi) is 8.39. The van der Waals surface area contributed by atoms with Crippen molar-refractivity contribution in [2.24, 2.45) is 35.3 Å². The summed E-state index contributed by atoms with van der Waals surface area (Å²) < 4.78 is 13.3. The molecule has 0 aliphatic heterocycles. The summed E-state index contributed by atoms with van der Waals surface area (Å²) in [7, 11) is 0. The molecule has 0 radical (unpaired) electrons. The molecule has 0 spiro atoms. The molecule has 10 heteroatoms. The quantitative estimate of drug-likeness (QED) is 0.376. The number of hydrogen-bond donors (Lipinski definition) is 3. The van der Waals surface area contributed by atoms with Crippen LogP contribution in [0.1, 0.15) is 102 Å². The Balaban J connectivity index is 1.29. The van der Waals surface area contributed by atoms with Crippen LogP contribution in [0.15, 0.2) is 12.3 Å². The number of primary amides is 1. The Morgan fingerprint density at radius 3 is 2.46 bits per heavy atom. The van der Waals surface area contributed by atoms with E-state index < -0.39 is 17.2 Å². The zero-order chi connectivity index (χ0) is 29.4. The maximum absolute atomic E-state index is 13.7. The van der Waals surface area contributed by atoms with Crippen LogP contribution in [-0.4, -0.2) is 51.5 Å². The highest BCUT2D eigenvalue weighted by molar-refractivity contribution is 5.96. The van der Waals surface area contributed by atoms with E-state index in [1.165, 1.54) is 6.42 Å². The lowest BCUT2D eigenvalue weighted by Gasteiger charge is -2.58. The van der Waals surface area contributed by atoms with Crippen LogP contribution >= 0.6 is 0 Å². The third-order valence-corrected chi connectivity index (χ3v) is 9.43. The van der Waals surface area contributed by atoms with Crippen molar-refractivity contribution in [2.75, 3.05) is 6.61 Å². The molecule has 226 valence electrons. The smallest absolute Gasteiger partial charge is 0.405 e. The number of nitrogens with one attached hydrogen (secondary N) is 2. The van der Waals surface area contributed by atoms with Crippen molar-refractivity contribution < 1.29 is 23.9 Å². The minimum absolute atomic E-state index is 0.00873. The molecule has 0 aromatic carbocycles. The first-order valence-corrected chi connectivity index (χ1v) is 15.4. The molecule has 5 fully saturated rings. The zero-order valence-corrected chi connectivity index (χ0v) is 25.0. The second-order valence-corrected chi connectivity index (χ2v) is 13.9. The average molecular weight is 570 g/mol. The van der Waals surface area contributed by atoms with E-state index in [1.807, 2.05) is 19.9 Å². The van der Waals surface area contributed by atoms with Crippen LogP contribution < -0.4 is 21.1 Å². The van der Waals surface area contributed by atoms with Crippen molar-refractivity contribution in [1.82, 2.24) is 20.4 Å². The average Bonchev–Trinajstić information content (AvgIpc) is 3.30. The molecule has 1 heterocycles. The zero-order valence-electron chi connectivity index (χ0n) is 25.0. The number of ether oxygens (including phenoxy) is 2. The summed E-state index contributed by atoms with van der Waals surface area (Å²) in [6.45, 7) is 8.45. The summed E-state index contributed by atoms with van der Waals surface area (Å²) in [4.78, 5) is 38.1. The van der Waals surface area contributed by atoms with Crippen LogP contribution in [0.2, 0.25) is 0 Å². The molecule has 41 heavy (non-hydrogen) atoms. The van der Waals surface area contributed by atoms with Gasteiger partial charge in [-0.1, -0.05) is 33.1 Å². The fourth-order valence-corrected chi connectivity index (χ4v) is 7.84. The topological polar surface area (TPSA) is 138 Å². The van der Waals surface area contributed by atoms with Crippen molar-refractivity contribution in [2.45, 2.75) is 109 Å². The van der Waals surface area contributed by atoms with E-state index in [0.29, 0.717) is 24.0 Å². The second-order valence-electron chi connectivity index (χ2n) is 13.9. The van der Waals surface area contributed by atoms with Crippen LogP contribution in [0.25, 0.3) is 6.20 Å². The lowest BCUT2D eigenvalue weighted by atomic mass is 9.52. The molecule has 5 saturated carbocycles. The summed E-state index contributed by atoms with van der Waals surface area (Å²) in [6.07, 6.45) is 14.2. The van der Waals surface area contributed by atoms with Gasteiger partial charge >= 0.3 is 6.09 Å². The van der Waals surface area contributed by atoms with E-state index in [-0.39, 0.29) is 41.5 Å². The number of nitrogens with zero attached hydrogens (tertiary/aromatic N) is 2. The van der Waals surface area contributed by atoms with Crippen molar-refractivity contribution in [3.63, 3.8) is 0 Å². The monoisotopic (exact) mass is 569 g/mol. The molecule has 4 bridgehead atoms. The largest absolute Gasteiger partial charge is 0.477 e. The highest BCUT2D eigenvalue weighted by atomic mass is 16.6. The Morgan fingerprint density at radius 1 is 1.15 bits per heavy atom. The summed E-state index contributed by atoms with van der Waals surface area (Å²) in [5.74, 6) is 1.59. The predicted octanol–water partition coefficient (Wildman–Crippen LogP) is 4.64. The van der Waals surface area contributed by atoms with Gasteiger partial charge in [0.25, 0.3) is 5.91 Å². The van der Waals surface area contributed by atoms with Gasteiger partial charge in [0.1, 0.15) is 11.2 Å². The molecule has 0 saturated heterocycles. The molecular formula is C31H47N5O5. The third-order valence-electron chi connectivity index (χ3n) is 9.43. The second kappa shape index (κ2) is 11.7. The third kappa shape index (κ3) is 6.72. The first kappa shape index (κ1) is 29.5. The number of nitrogens with two attached hydrogens (primary N) is 1. The van der Waals surface area contributed by atoms with E-state index in [1.54, 1.807) is 17.1 Å². The fourth-order valence-electron chi connectivity index (χ4n) is 7.84. The molecule has 2 atom stereocenters.